The maximum absolute atomic E-state index is 12.2. The van der Waals surface area contributed by atoms with Gasteiger partial charge in [-0.1, -0.05) is 12.1 Å². The SMILES string of the molecule is Cc1ccc(O)c(N/C=C(/C#N)C(=O)NCc2ccc3c(c2)OCO3)c1. The van der Waals surface area contributed by atoms with E-state index >= 15 is 0 Å². The summed E-state index contributed by atoms with van der Waals surface area (Å²) in [6, 6.07) is 12.2. The number of phenolic OH excluding ortho intramolecular Hbond substituents is 1. The first kappa shape index (κ1) is 17.2. The van der Waals surface area contributed by atoms with E-state index in [2.05, 4.69) is 10.6 Å². The van der Waals surface area contributed by atoms with Gasteiger partial charge in [0.05, 0.1) is 5.69 Å². The molecule has 0 aliphatic carbocycles. The van der Waals surface area contributed by atoms with Gasteiger partial charge in [0.15, 0.2) is 11.5 Å². The van der Waals surface area contributed by atoms with Crippen molar-refractivity contribution in [2.75, 3.05) is 12.1 Å². The van der Waals surface area contributed by atoms with E-state index in [9.17, 15) is 15.2 Å². The Morgan fingerprint density at radius 2 is 2.08 bits per heavy atom. The summed E-state index contributed by atoms with van der Waals surface area (Å²) >= 11 is 0. The highest BCUT2D eigenvalue weighted by Gasteiger charge is 2.14. The number of phenols is 1. The topological polar surface area (TPSA) is 104 Å². The summed E-state index contributed by atoms with van der Waals surface area (Å²) in [5, 5.41) is 24.5. The summed E-state index contributed by atoms with van der Waals surface area (Å²) in [5.41, 5.74) is 2.07. The van der Waals surface area contributed by atoms with Crippen LogP contribution in [0.4, 0.5) is 5.69 Å². The van der Waals surface area contributed by atoms with Gasteiger partial charge in [0.1, 0.15) is 17.4 Å². The highest BCUT2D eigenvalue weighted by Crippen LogP contribution is 2.32. The number of carbonyl (C=O) groups is 1. The Labute approximate surface area is 150 Å². The molecule has 3 rings (SSSR count). The van der Waals surface area contributed by atoms with Gasteiger partial charge in [0.2, 0.25) is 6.79 Å². The van der Waals surface area contributed by atoms with E-state index in [4.69, 9.17) is 9.47 Å². The zero-order valence-electron chi connectivity index (χ0n) is 14.1. The van der Waals surface area contributed by atoms with Crippen molar-refractivity contribution >= 4 is 11.6 Å². The number of nitrogens with zero attached hydrogens (tertiary/aromatic N) is 1. The van der Waals surface area contributed by atoms with Crippen LogP contribution in [-0.4, -0.2) is 17.8 Å². The molecular formula is C19H17N3O4. The maximum Gasteiger partial charge on any atom is 0.263 e. The molecule has 0 saturated heterocycles. The third-order valence-corrected chi connectivity index (χ3v) is 3.78. The van der Waals surface area contributed by atoms with Crippen molar-refractivity contribution in [3.8, 4) is 23.3 Å². The molecule has 1 aliphatic heterocycles. The number of aryl methyl sites for hydroxylation is 1. The first-order valence-corrected chi connectivity index (χ1v) is 7.90. The molecule has 0 spiro atoms. The van der Waals surface area contributed by atoms with Gasteiger partial charge >= 0.3 is 0 Å². The van der Waals surface area contributed by atoms with Crippen LogP contribution in [0.1, 0.15) is 11.1 Å². The number of rotatable bonds is 5. The molecule has 0 unspecified atom stereocenters. The average Bonchev–Trinajstić information content (AvgIpc) is 3.11. The summed E-state index contributed by atoms with van der Waals surface area (Å²) in [4.78, 5) is 12.2. The second-order valence-electron chi connectivity index (χ2n) is 5.71. The first-order chi connectivity index (χ1) is 12.6. The van der Waals surface area contributed by atoms with Gasteiger partial charge in [0, 0.05) is 12.7 Å². The smallest absolute Gasteiger partial charge is 0.263 e. The molecule has 7 nitrogen and oxygen atoms in total. The molecule has 0 radical (unpaired) electrons. The molecule has 2 aromatic rings. The summed E-state index contributed by atoms with van der Waals surface area (Å²) in [6.07, 6.45) is 1.27. The van der Waals surface area contributed by atoms with Gasteiger partial charge in [-0.2, -0.15) is 5.26 Å². The minimum atomic E-state index is -0.523. The quantitative estimate of drug-likeness (QED) is 0.434. The van der Waals surface area contributed by atoms with Crippen LogP contribution >= 0.6 is 0 Å². The number of nitriles is 1. The number of carbonyl (C=O) groups excluding carboxylic acids is 1. The summed E-state index contributed by atoms with van der Waals surface area (Å²) < 4.78 is 10.5. The highest BCUT2D eigenvalue weighted by molar-refractivity contribution is 5.97. The summed E-state index contributed by atoms with van der Waals surface area (Å²) in [6.45, 7) is 2.30. The van der Waals surface area contributed by atoms with Crippen LogP contribution < -0.4 is 20.1 Å². The van der Waals surface area contributed by atoms with E-state index in [0.29, 0.717) is 17.2 Å². The van der Waals surface area contributed by atoms with Crippen molar-refractivity contribution in [2.24, 2.45) is 0 Å². The number of amides is 1. The van der Waals surface area contributed by atoms with Crippen LogP contribution in [-0.2, 0) is 11.3 Å². The molecule has 1 amide bonds. The van der Waals surface area contributed by atoms with Crippen molar-refractivity contribution in [1.29, 1.82) is 5.26 Å². The fourth-order valence-electron chi connectivity index (χ4n) is 2.39. The van der Waals surface area contributed by atoms with Crippen molar-refractivity contribution in [3.63, 3.8) is 0 Å². The molecule has 26 heavy (non-hydrogen) atoms. The third kappa shape index (κ3) is 3.87. The molecule has 3 N–H and O–H groups in total. The minimum absolute atomic E-state index is 0.0323. The second kappa shape index (κ2) is 7.49. The van der Waals surface area contributed by atoms with Crippen LogP contribution in [0, 0.1) is 18.3 Å². The van der Waals surface area contributed by atoms with E-state index in [-0.39, 0.29) is 24.7 Å². The third-order valence-electron chi connectivity index (χ3n) is 3.78. The largest absolute Gasteiger partial charge is 0.506 e. The number of hydrogen-bond donors (Lipinski definition) is 3. The van der Waals surface area contributed by atoms with Crippen LogP contribution in [0.3, 0.4) is 0 Å². The monoisotopic (exact) mass is 351 g/mol. The number of aromatic hydroxyl groups is 1. The second-order valence-corrected chi connectivity index (χ2v) is 5.71. The molecule has 0 aromatic heterocycles. The van der Waals surface area contributed by atoms with Gasteiger partial charge in [0.25, 0.3) is 5.91 Å². The number of benzene rings is 2. The molecule has 1 heterocycles. The Morgan fingerprint density at radius 3 is 2.88 bits per heavy atom. The molecular weight excluding hydrogens is 334 g/mol. The molecule has 7 heteroatoms. The van der Waals surface area contributed by atoms with Crippen molar-refractivity contribution in [2.45, 2.75) is 13.5 Å². The lowest BCUT2D eigenvalue weighted by molar-refractivity contribution is -0.117. The molecule has 1 aliphatic rings. The van der Waals surface area contributed by atoms with Crippen molar-refractivity contribution in [1.82, 2.24) is 5.32 Å². The number of hydrogen-bond acceptors (Lipinski definition) is 6. The number of fused-ring (bicyclic) bond motifs is 1. The molecule has 132 valence electrons. The van der Waals surface area contributed by atoms with Gasteiger partial charge < -0.3 is 25.2 Å². The lowest BCUT2D eigenvalue weighted by Crippen LogP contribution is -2.24. The average molecular weight is 351 g/mol. The number of ether oxygens (including phenoxy) is 2. The van der Waals surface area contributed by atoms with E-state index in [1.165, 1.54) is 12.3 Å². The normalized spacial score (nSPS) is 12.4. The van der Waals surface area contributed by atoms with Gasteiger partial charge in [-0.25, -0.2) is 0 Å². The van der Waals surface area contributed by atoms with E-state index in [1.54, 1.807) is 24.3 Å². The molecule has 0 bridgehead atoms. The van der Waals surface area contributed by atoms with E-state index in [1.807, 2.05) is 19.1 Å². The Kier molecular flexibility index (Phi) is 4.94. The van der Waals surface area contributed by atoms with Crippen molar-refractivity contribution in [3.05, 3.63) is 59.3 Å². The molecule has 2 aromatic carbocycles. The molecule has 0 fully saturated rings. The predicted molar refractivity (Wildman–Crippen MR) is 94.6 cm³/mol. The zero-order valence-corrected chi connectivity index (χ0v) is 14.1. The van der Waals surface area contributed by atoms with Gasteiger partial charge in [-0.05, 0) is 42.3 Å². The van der Waals surface area contributed by atoms with Crippen LogP contribution in [0.15, 0.2) is 48.2 Å². The Hall–Kier alpha value is -3.66. The zero-order chi connectivity index (χ0) is 18.5. The van der Waals surface area contributed by atoms with E-state index < -0.39 is 5.91 Å². The highest BCUT2D eigenvalue weighted by atomic mass is 16.7. The summed E-state index contributed by atoms with van der Waals surface area (Å²) in [5.74, 6) is 0.805. The van der Waals surface area contributed by atoms with Crippen LogP contribution in [0.2, 0.25) is 0 Å². The lowest BCUT2D eigenvalue weighted by atomic mass is 10.2. The minimum Gasteiger partial charge on any atom is -0.506 e. The molecule has 0 atom stereocenters. The van der Waals surface area contributed by atoms with Crippen molar-refractivity contribution < 1.29 is 19.4 Å². The maximum atomic E-state index is 12.2. The van der Waals surface area contributed by atoms with Crippen LogP contribution in [0.25, 0.3) is 0 Å². The first-order valence-electron chi connectivity index (χ1n) is 7.90. The number of nitrogens with one attached hydrogen (secondary N) is 2. The van der Waals surface area contributed by atoms with E-state index in [0.717, 1.165) is 11.1 Å². The standard InChI is InChI=1S/C19H17N3O4/c1-12-2-4-16(23)15(6-12)21-10-14(8-20)19(24)22-9-13-3-5-17-18(7-13)26-11-25-17/h2-7,10,21,23H,9,11H2,1H3,(H,22,24)/b14-10-. The predicted octanol–water partition coefficient (Wildman–Crippen LogP) is 2.57. The fraction of sp³-hybridized carbons (Fsp3) is 0.158. The summed E-state index contributed by atoms with van der Waals surface area (Å²) in [7, 11) is 0. The molecule has 0 saturated carbocycles. The van der Waals surface area contributed by atoms with Crippen LogP contribution in [0.5, 0.6) is 17.2 Å². The fourth-order valence-corrected chi connectivity index (χ4v) is 2.39. The Bertz CT molecular complexity index is 915. The number of anilines is 1. The lowest BCUT2D eigenvalue weighted by Gasteiger charge is -2.07. The van der Waals surface area contributed by atoms with Gasteiger partial charge in [-0.15, -0.1) is 0 Å². The Morgan fingerprint density at radius 1 is 1.27 bits per heavy atom. The Balaban J connectivity index is 1.63. The van der Waals surface area contributed by atoms with Gasteiger partial charge in [-0.3, -0.25) is 4.79 Å².